The zero-order chi connectivity index (χ0) is 45.4. The largest absolute Gasteiger partial charge is 0.0683 e. The Hall–Kier alpha value is -6.24. The summed E-state index contributed by atoms with van der Waals surface area (Å²) in [5.74, 6) is 0.654. The SMILES string of the molecule is CC.CCC(C)c1cccc2ccccc12.CCc1cccc2ccccc12.Cc1ccc2c(c1)C(C)(C)c1cc(C)c3ccccc3c1-2.Cc1ccccc1.Cc1ccccc1. The lowest BCUT2D eigenvalue weighted by Gasteiger charge is -2.22. The molecule has 1 aliphatic carbocycles. The molecular formula is C63H70. The van der Waals surface area contributed by atoms with Crippen molar-refractivity contribution in [1.82, 2.24) is 0 Å². The predicted molar refractivity (Wildman–Crippen MR) is 281 cm³/mol. The van der Waals surface area contributed by atoms with Gasteiger partial charge in [0.05, 0.1) is 0 Å². The monoisotopic (exact) mass is 827 g/mol. The standard InChI is InChI=1S/C21H20.C14H16.C12H12.2C7H8.C2H6/c1-13-9-10-17-18(11-13)21(3,4)19-12-14(2)15-7-5-6-8-16(15)20(17)19;1-3-11(2)13-10-6-8-12-7-4-5-9-14(12)13;1-2-10-7-5-8-11-6-3-4-9-12(10)11;2*1-7-5-3-2-4-6-7;1-2/h5-12H,1-4H3;4-11H,3H2,1-2H3;3-9H,2H2,1H3;2*2-6H,1H3;1-2H3. The molecule has 10 rings (SSSR count). The van der Waals surface area contributed by atoms with Crippen LogP contribution in [0.5, 0.6) is 0 Å². The molecule has 9 aromatic carbocycles. The van der Waals surface area contributed by atoms with Gasteiger partial charge in [0.25, 0.3) is 0 Å². The van der Waals surface area contributed by atoms with Crippen molar-refractivity contribution in [3.63, 3.8) is 0 Å². The van der Waals surface area contributed by atoms with Crippen LogP contribution in [-0.2, 0) is 11.8 Å². The maximum absolute atomic E-state index is 2.40. The van der Waals surface area contributed by atoms with Crippen LogP contribution in [0.4, 0.5) is 0 Å². The average molecular weight is 827 g/mol. The second kappa shape index (κ2) is 23.3. The molecule has 0 heteroatoms. The smallest absolute Gasteiger partial charge is 0.0159 e. The van der Waals surface area contributed by atoms with Crippen LogP contribution in [0.2, 0.25) is 0 Å². The number of fused-ring (bicyclic) bond motifs is 7. The molecule has 9 aromatic rings. The van der Waals surface area contributed by atoms with Gasteiger partial charge in [-0.05, 0) is 118 Å². The summed E-state index contributed by atoms with van der Waals surface area (Å²) in [4.78, 5) is 0. The first-order valence-corrected chi connectivity index (χ1v) is 23.1. The fourth-order valence-corrected chi connectivity index (χ4v) is 8.45. The van der Waals surface area contributed by atoms with E-state index >= 15 is 0 Å². The van der Waals surface area contributed by atoms with Crippen molar-refractivity contribution in [3.8, 4) is 11.1 Å². The van der Waals surface area contributed by atoms with Gasteiger partial charge in [-0.1, -0.05) is 259 Å². The summed E-state index contributed by atoms with van der Waals surface area (Å²) in [5, 5.41) is 8.26. The molecule has 0 radical (unpaired) electrons. The minimum absolute atomic E-state index is 0.0888. The Labute approximate surface area is 380 Å². The number of benzene rings is 9. The van der Waals surface area contributed by atoms with Gasteiger partial charge in [0.2, 0.25) is 0 Å². The second-order valence-electron chi connectivity index (χ2n) is 17.0. The van der Waals surface area contributed by atoms with Gasteiger partial charge in [-0.15, -0.1) is 0 Å². The first kappa shape index (κ1) is 47.8. The third-order valence-electron chi connectivity index (χ3n) is 12.2. The molecule has 0 amide bonds. The molecule has 1 atom stereocenters. The molecule has 0 heterocycles. The number of rotatable bonds is 3. The maximum atomic E-state index is 2.40. The Balaban J connectivity index is 0.000000156. The van der Waals surface area contributed by atoms with Crippen LogP contribution in [-0.4, -0.2) is 0 Å². The minimum Gasteiger partial charge on any atom is -0.0683 e. The highest BCUT2D eigenvalue weighted by atomic mass is 14.4. The lowest BCUT2D eigenvalue weighted by Crippen LogP contribution is -2.15. The minimum atomic E-state index is 0.0888. The highest BCUT2D eigenvalue weighted by Gasteiger charge is 2.36. The molecule has 0 spiro atoms. The average Bonchev–Trinajstić information content (AvgIpc) is 3.55. The molecule has 0 bridgehead atoms. The molecule has 0 aliphatic heterocycles. The van der Waals surface area contributed by atoms with E-state index in [-0.39, 0.29) is 5.41 Å². The van der Waals surface area contributed by atoms with E-state index < -0.39 is 0 Å². The molecular weight excluding hydrogens is 757 g/mol. The van der Waals surface area contributed by atoms with E-state index in [2.05, 4.69) is 220 Å². The molecule has 1 unspecified atom stereocenters. The van der Waals surface area contributed by atoms with Crippen molar-refractivity contribution in [2.24, 2.45) is 0 Å². The van der Waals surface area contributed by atoms with Crippen molar-refractivity contribution in [1.29, 1.82) is 0 Å². The maximum Gasteiger partial charge on any atom is 0.0159 e. The lowest BCUT2D eigenvalue weighted by molar-refractivity contribution is 0.659. The molecule has 63 heavy (non-hydrogen) atoms. The molecule has 0 aromatic heterocycles. The summed E-state index contributed by atoms with van der Waals surface area (Å²) in [6, 6.07) is 68.8. The molecule has 0 saturated carbocycles. The molecule has 0 nitrogen and oxygen atoms in total. The van der Waals surface area contributed by atoms with E-state index in [4.69, 9.17) is 0 Å². The van der Waals surface area contributed by atoms with Crippen molar-refractivity contribution in [3.05, 3.63) is 239 Å². The summed E-state index contributed by atoms with van der Waals surface area (Å²) in [6.45, 7) is 24.0. The van der Waals surface area contributed by atoms with Gasteiger partial charge >= 0.3 is 0 Å². The quantitative estimate of drug-likeness (QED) is 0.166. The third kappa shape index (κ3) is 12.0. The highest BCUT2D eigenvalue weighted by Crippen LogP contribution is 2.52. The first-order valence-electron chi connectivity index (χ1n) is 23.1. The van der Waals surface area contributed by atoms with Crippen molar-refractivity contribution < 1.29 is 0 Å². The van der Waals surface area contributed by atoms with E-state index in [9.17, 15) is 0 Å². The van der Waals surface area contributed by atoms with E-state index in [0.717, 1.165) is 6.42 Å². The Bertz CT molecular complexity index is 2740. The van der Waals surface area contributed by atoms with Gasteiger partial charge < -0.3 is 0 Å². The van der Waals surface area contributed by atoms with Gasteiger partial charge in [0, 0.05) is 5.41 Å². The first-order chi connectivity index (χ1) is 30.5. The topological polar surface area (TPSA) is 0 Å². The van der Waals surface area contributed by atoms with E-state index in [1.54, 1.807) is 0 Å². The normalized spacial score (nSPS) is 11.9. The van der Waals surface area contributed by atoms with Gasteiger partial charge in [-0.3, -0.25) is 0 Å². The Kier molecular flexibility index (Phi) is 17.7. The Morgan fingerprint density at radius 3 is 1.44 bits per heavy atom. The zero-order valence-electron chi connectivity index (χ0n) is 40.0. The molecule has 0 fully saturated rings. The molecule has 0 N–H and O–H groups in total. The predicted octanol–water partition coefficient (Wildman–Crippen LogP) is 18.5. The van der Waals surface area contributed by atoms with Gasteiger partial charge in [-0.2, -0.15) is 0 Å². The van der Waals surface area contributed by atoms with Crippen molar-refractivity contribution in [2.75, 3.05) is 0 Å². The number of aryl methyl sites for hydroxylation is 5. The van der Waals surface area contributed by atoms with Gasteiger partial charge in [0.1, 0.15) is 0 Å². The second-order valence-corrected chi connectivity index (χ2v) is 17.0. The summed E-state index contributed by atoms with van der Waals surface area (Å²) >= 11 is 0. The lowest BCUT2D eigenvalue weighted by atomic mass is 9.81. The van der Waals surface area contributed by atoms with E-state index in [1.807, 2.05) is 50.2 Å². The summed E-state index contributed by atoms with van der Waals surface area (Å²) in [6.07, 6.45) is 2.31. The van der Waals surface area contributed by atoms with Crippen LogP contribution in [0.3, 0.4) is 0 Å². The summed E-state index contributed by atoms with van der Waals surface area (Å²) < 4.78 is 0. The Morgan fingerprint density at radius 2 is 0.905 bits per heavy atom. The van der Waals surface area contributed by atoms with E-state index in [0.29, 0.717) is 5.92 Å². The zero-order valence-corrected chi connectivity index (χ0v) is 40.0. The van der Waals surface area contributed by atoms with Crippen LogP contribution in [0.1, 0.15) is 105 Å². The van der Waals surface area contributed by atoms with Crippen LogP contribution in [0.15, 0.2) is 194 Å². The van der Waals surface area contributed by atoms with Crippen LogP contribution in [0.25, 0.3) is 43.4 Å². The summed E-state index contributed by atoms with van der Waals surface area (Å²) in [5.41, 5.74) is 14.2. The molecule has 0 saturated heterocycles. The van der Waals surface area contributed by atoms with Crippen LogP contribution >= 0.6 is 0 Å². The number of hydrogen-bond donors (Lipinski definition) is 0. The highest BCUT2D eigenvalue weighted by molar-refractivity contribution is 6.03. The van der Waals surface area contributed by atoms with Crippen LogP contribution < -0.4 is 0 Å². The van der Waals surface area contributed by atoms with Gasteiger partial charge in [-0.25, -0.2) is 0 Å². The van der Waals surface area contributed by atoms with Gasteiger partial charge in [0.15, 0.2) is 0 Å². The fourth-order valence-electron chi connectivity index (χ4n) is 8.45. The Morgan fingerprint density at radius 1 is 0.429 bits per heavy atom. The molecule has 1 aliphatic rings. The fraction of sp³-hybridized carbons (Fsp3) is 0.238. The number of hydrogen-bond acceptors (Lipinski definition) is 0. The third-order valence-corrected chi connectivity index (χ3v) is 12.2. The van der Waals surface area contributed by atoms with Crippen LogP contribution in [0, 0.1) is 27.7 Å². The van der Waals surface area contributed by atoms with Crippen molar-refractivity contribution in [2.45, 2.75) is 100 Å². The molecule has 322 valence electrons. The van der Waals surface area contributed by atoms with Crippen molar-refractivity contribution >= 4 is 32.3 Å². The summed E-state index contributed by atoms with van der Waals surface area (Å²) in [7, 11) is 0. The van der Waals surface area contributed by atoms with E-state index in [1.165, 1.54) is 94.4 Å².